The maximum absolute atomic E-state index is 4.99. The third-order valence-corrected chi connectivity index (χ3v) is 0.632. The Morgan fingerprint density at radius 3 is 1.67 bits per heavy atom. The molecule has 0 radical (unpaired) electrons. The standard InChI is InChI=1S/C2H8N2S.Ga.3H/c3-2(4)1-5;;;;/h2,5H,1,3-4H2;;;;. The van der Waals surface area contributed by atoms with Crippen LogP contribution in [0.3, 0.4) is 0 Å². The molecule has 0 aliphatic heterocycles. The molecule has 2 nitrogen and oxygen atoms in total. The molecule has 0 saturated carbocycles. The van der Waals surface area contributed by atoms with Gasteiger partial charge in [0.2, 0.25) is 0 Å². The molecule has 0 heterocycles. The number of rotatable bonds is 1. The van der Waals surface area contributed by atoms with Gasteiger partial charge in [-0.1, -0.05) is 0 Å². The Morgan fingerprint density at radius 2 is 1.67 bits per heavy atom. The fourth-order valence-electron chi connectivity index (χ4n) is 0. The van der Waals surface area contributed by atoms with Crippen molar-refractivity contribution in [3.05, 3.63) is 0 Å². The van der Waals surface area contributed by atoms with Gasteiger partial charge in [-0.2, -0.15) is 12.6 Å². The van der Waals surface area contributed by atoms with Gasteiger partial charge >= 0.3 is 19.8 Å². The van der Waals surface area contributed by atoms with Gasteiger partial charge in [0.1, 0.15) is 0 Å². The summed E-state index contributed by atoms with van der Waals surface area (Å²) in [4.78, 5) is 0. The molecule has 4 N–H and O–H groups in total. The molecule has 0 unspecified atom stereocenters. The monoisotopic (exact) mass is 164 g/mol. The first-order valence-electron chi connectivity index (χ1n) is 1.39. The summed E-state index contributed by atoms with van der Waals surface area (Å²) in [7, 11) is 0. The van der Waals surface area contributed by atoms with Gasteiger partial charge in [0.05, 0.1) is 6.17 Å². The number of thiol groups is 1. The van der Waals surface area contributed by atoms with E-state index < -0.39 is 0 Å². The minimum absolute atomic E-state index is 0. The number of hydrogen-bond acceptors (Lipinski definition) is 3. The molecule has 0 aliphatic carbocycles. The second-order valence-electron chi connectivity index (χ2n) is 0.846. The Bertz CT molecular complexity index is 25.5. The van der Waals surface area contributed by atoms with Gasteiger partial charge < -0.3 is 11.5 Å². The third-order valence-electron chi connectivity index (χ3n) is 0.211. The van der Waals surface area contributed by atoms with E-state index in [0.29, 0.717) is 5.75 Å². The maximum atomic E-state index is 4.99. The third kappa shape index (κ3) is 8.86. The first kappa shape index (κ1) is 10.0. The Balaban J connectivity index is 0. The van der Waals surface area contributed by atoms with Crippen molar-refractivity contribution >= 4 is 32.4 Å². The van der Waals surface area contributed by atoms with Gasteiger partial charge in [-0.05, 0) is 0 Å². The van der Waals surface area contributed by atoms with Crippen molar-refractivity contribution in [1.82, 2.24) is 0 Å². The predicted molar refractivity (Wildman–Crippen MR) is 36.0 cm³/mol. The molecule has 0 atom stereocenters. The van der Waals surface area contributed by atoms with Crippen molar-refractivity contribution in [2.45, 2.75) is 6.17 Å². The van der Waals surface area contributed by atoms with Crippen molar-refractivity contribution < 1.29 is 0 Å². The zero-order valence-electron chi connectivity index (χ0n) is 2.89. The number of nitrogens with two attached hydrogens (primary N) is 2. The fraction of sp³-hybridized carbons (Fsp3) is 1.00. The van der Waals surface area contributed by atoms with Gasteiger partial charge in [-0.3, -0.25) is 0 Å². The molecule has 6 heavy (non-hydrogen) atoms. The van der Waals surface area contributed by atoms with Crippen LogP contribution in [0.2, 0.25) is 0 Å². The summed E-state index contributed by atoms with van der Waals surface area (Å²) in [5, 5.41) is 0. The average molecular weight is 165 g/mol. The molecule has 0 aromatic rings. The van der Waals surface area contributed by atoms with Gasteiger partial charge in [-0.15, -0.1) is 0 Å². The van der Waals surface area contributed by atoms with E-state index in [1.807, 2.05) is 0 Å². The molecule has 0 rings (SSSR count). The van der Waals surface area contributed by atoms with Crippen LogP contribution in [0, 0.1) is 0 Å². The quantitative estimate of drug-likeness (QED) is 0.238. The Kier molecular flexibility index (Phi) is 9.85. The minimum atomic E-state index is -0.252. The molecule has 0 aromatic heterocycles. The van der Waals surface area contributed by atoms with Gasteiger partial charge in [-0.25, -0.2) is 0 Å². The van der Waals surface area contributed by atoms with E-state index in [1.165, 1.54) is 0 Å². The molecule has 4 heteroatoms. The molecule has 0 spiro atoms. The summed E-state index contributed by atoms with van der Waals surface area (Å²) in [6.07, 6.45) is -0.252. The molecule has 0 bridgehead atoms. The van der Waals surface area contributed by atoms with Crippen molar-refractivity contribution in [2.24, 2.45) is 11.5 Å². The molecule has 0 amide bonds. The Morgan fingerprint density at radius 1 is 1.50 bits per heavy atom. The molecular formula is C2H11GaN2S. The van der Waals surface area contributed by atoms with Crippen molar-refractivity contribution in [3.8, 4) is 0 Å². The van der Waals surface area contributed by atoms with E-state index in [-0.39, 0.29) is 26.0 Å². The van der Waals surface area contributed by atoms with Crippen molar-refractivity contribution in [3.63, 3.8) is 0 Å². The topological polar surface area (TPSA) is 52.0 Å². The molecule has 0 aromatic carbocycles. The summed E-state index contributed by atoms with van der Waals surface area (Å²) in [5.41, 5.74) is 9.99. The first-order valence-corrected chi connectivity index (χ1v) is 2.02. The van der Waals surface area contributed by atoms with E-state index in [1.54, 1.807) is 0 Å². The summed E-state index contributed by atoms with van der Waals surface area (Å²) in [6.45, 7) is 0. The average Bonchev–Trinajstić information content (AvgIpc) is 1.38. The number of hydrogen-bond donors (Lipinski definition) is 3. The SMILES string of the molecule is NC(N)CS.[GaH3]. The second-order valence-corrected chi connectivity index (χ2v) is 1.21. The van der Waals surface area contributed by atoms with Gasteiger partial charge in [0, 0.05) is 5.75 Å². The Labute approximate surface area is 56.1 Å². The van der Waals surface area contributed by atoms with Crippen LogP contribution in [0.1, 0.15) is 0 Å². The van der Waals surface area contributed by atoms with E-state index in [2.05, 4.69) is 12.6 Å². The van der Waals surface area contributed by atoms with Crippen LogP contribution in [0.25, 0.3) is 0 Å². The van der Waals surface area contributed by atoms with Crippen LogP contribution in [0.4, 0.5) is 0 Å². The van der Waals surface area contributed by atoms with Crippen LogP contribution in [-0.2, 0) is 0 Å². The van der Waals surface area contributed by atoms with Crippen LogP contribution in [0.15, 0.2) is 0 Å². The summed E-state index contributed by atoms with van der Waals surface area (Å²) in [6, 6.07) is 0. The summed E-state index contributed by atoms with van der Waals surface area (Å²) in [5.74, 6) is 0.556. The molecule has 0 fully saturated rings. The van der Waals surface area contributed by atoms with Crippen molar-refractivity contribution in [2.75, 3.05) is 5.75 Å². The second kappa shape index (κ2) is 5.91. The fourth-order valence-corrected chi connectivity index (χ4v) is 0. The van der Waals surface area contributed by atoms with Crippen LogP contribution >= 0.6 is 12.6 Å². The van der Waals surface area contributed by atoms with Crippen LogP contribution < -0.4 is 11.5 Å². The zero-order chi connectivity index (χ0) is 4.28. The molecule has 0 aliphatic rings. The van der Waals surface area contributed by atoms with E-state index in [4.69, 9.17) is 11.5 Å². The van der Waals surface area contributed by atoms with E-state index >= 15 is 0 Å². The van der Waals surface area contributed by atoms with Gasteiger partial charge in [0.25, 0.3) is 0 Å². The predicted octanol–water partition coefficient (Wildman–Crippen LogP) is -2.02. The van der Waals surface area contributed by atoms with Crippen LogP contribution in [-0.4, -0.2) is 31.7 Å². The van der Waals surface area contributed by atoms with E-state index in [0.717, 1.165) is 0 Å². The van der Waals surface area contributed by atoms with Crippen LogP contribution in [0.5, 0.6) is 0 Å². The normalized spacial score (nSPS) is 8.00. The van der Waals surface area contributed by atoms with Gasteiger partial charge in [0.15, 0.2) is 0 Å². The first-order chi connectivity index (χ1) is 2.27. The van der Waals surface area contributed by atoms with E-state index in [9.17, 15) is 0 Å². The summed E-state index contributed by atoms with van der Waals surface area (Å²) >= 11 is 3.77. The molecular weight excluding hydrogens is 154 g/mol. The summed E-state index contributed by atoms with van der Waals surface area (Å²) < 4.78 is 0. The Hall–Kier alpha value is 0.906. The molecule has 0 saturated heterocycles. The zero-order valence-corrected chi connectivity index (χ0v) is 3.78. The van der Waals surface area contributed by atoms with Crippen molar-refractivity contribution in [1.29, 1.82) is 0 Å². The molecule has 38 valence electrons.